The molecule has 1 saturated heterocycles. The van der Waals surface area contributed by atoms with E-state index < -0.39 is 0 Å². The number of hydrogen-bond acceptors (Lipinski definition) is 4. The van der Waals surface area contributed by atoms with Gasteiger partial charge in [0.05, 0.1) is 11.4 Å². The van der Waals surface area contributed by atoms with Crippen LogP contribution in [0.1, 0.15) is 5.56 Å². The smallest absolute Gasteiger partial charge is 0.236 e. The van der Waals surface area contributed by atoms with Crippen molar-refractivity contribution in [1.29, 1.82) is 0 Å². The minimum atomic E-state index is -0.0177. The van der Waals surface area contributed by atoms with E-state index in [1.165, 1.54) is 11.8 Å². The van der Waals surface area contributed by atoms with E-state index in [0.717, 1.165) is 5.56 Å². The van der Waals surface area contributed by atoms with Gasteiger partial charge in [-0.3, -0.25) is 10.2 Å². The fourth-order valence-electron chi connectivity index (χ4n) is 1.21. The summed E-state index contributed by atoms with van der Waals surface area (Å²) in [4.78, 5) is 10.9. The quantitative estimate of drug-likeness (QED) is 0.775. The number of thioether (sulfide) groups is 1. The summed E-state index contributed by atoms with van der Waals surface area (Å²) in [6.45, 7) is 3.86. The van der Waals surface area contributed by atoms with Gasteiger partial charge in [-0.2, -0.15) is 0 Å². The molecule has 1 heterocycles. The molecular weight excluding hydrogens is 222 g/mol. The number of carbonyl (C=O) groups excluding carboxylic acids is 1. The molecule has 2 N–H and O–H groups in total. The summed E-state index contributed by atoms with van der Waals surface area (Å²) in [5.74, 6) is 0.411. The number of amidine groups is 1. The summed E-state index contributed by atoms with van der Waals surface area (Å²) >= 11 is 1.37. The first kappa shape index (κ1) is 10.8. The molecule has 1 aliphatic rings. The van der Waals surface area contributed by atoms with E-state index in [4.69, 9.17) is 0 Å². The van der Waals surface area contributed by atoms with E-state index in [1.54, 1.807) is 0 Å². The molecule has 1 fully saturated rings. The Hall–Kier alpha value is -1.75. The summed E-state index contributed by atoms with van der Waals surface area (Å²) in [6, 6.07) is 9.68. The van der Waals surface area contributed by atoms with Crippen molar-refractivity contribution in [1.82, 2.24) is 10.7 Å². The van der Waals surface area contributed by atoms with Crippen LogP contribution in [0.2, 0.25) is 0 Å². The predicted octanol–water partition coefficient (Wildman–Crippen LogP) is 1.38. The first-order valence-electron chi connectivity index (χ1n) is 4.76. The van der Waals surface area contributed by atoms with Crippen LogP contribution in [0.15, 0.2) is 42.0 Å². The molecule has 0 spiro atoms. The van der Waals surface area contributed by atoms with Crippen molar-refractivity contribution in [2.45, 2.75) is 0 Å². The Morgan fingerprint density at radius 2 is 2.19 bits per heavy atom. The molecule has 0 unspecified atom stereocenters. The van der Waals surface area contributed by atoms with Crippen molar-refractivity contribution in [2.75, 3.05) is 5.75 Å². The van der Waals surface area contributed by atoms with Gasteiger partial charge < -0.3 is 5.32 Å². The molecule has 0 bridgehead atoms. The monoisotopic (exact) mass is 233 g/mol. The van der Waals surface area contributed by atoms with E-state index in [-0.39, 0.29) is 5.91 Å². The van der Waals surface area contributed by atoms with Gasteiger partial charge in [0.25, 0.3) is 0 Å². The number of carbonyl (C=O) groups is 1. The van der Waals surface area contributed by atoms with Crippen LogP contribution >= 0.6 is 11.8 Å². The van der Waals surface area contributed by atoms with Crippen LogP contribution in [0.25, 0.3) is 5.70 Å². The zero-order chi connectivity index (χ0) is 11.4. The predicted molar refractivity (Wildman–Crippen MR) is 66.6 cm³/mol. The highest BCUT2D eigenvalue weighted by Crippen LogP contribution is 2.11. The summed E-state index contributed by atoms with van der Waals surface area (Å²) in [5, 5.41) is 7.26. The third-order valence-corrected chi connectivity index (χ3v) is 2.87. The molecule has 82 valence electrons. The van der Waals surface area contributed by atoms with E-state index in [2.05, 4.69) is 22.4 Å². The Kier molecular flexibility index (Phi) is 3.26. The lowest BCUT2D eigenvalue weighted by atomic mass is 10.2. The van der Waals surface area contributed by atoms with Crippen molar-refractivity contribution in [3.63, 3.8) is 0 Å². The molecule has 5 heteroatoms. The molecule has 0 atom stereocenters. The van der Waals surface area contributed by atoms with Crippen molar-refractivity contribution in [3.05, 3.63) is 42.5 Å². The van der Waals surface area contributed by atoms with Gasteiger partial charge in [0.2, 0.25) is 5.91 Å². The van der Waals surface area contributed by atoms with Gasteiger partial charge in [-0.05, 0) is 5.56 Å². The zero-order valence-electron chi connectivity index (χ0n) is 8.56. The maximum atomic E-state index is 10.9. The molecule has 0 aliphatic carbocycles. The van der Waals surface area contributed by atoms with Crippen LogP contribution in [0.4, 0.5) is 0 Å². The van der Waals surface area contributed by atoms with Crippen LogP contribution in [-0.4, -0.2) is 16.8 Å². The summed E-state index contributed by atoms with van der Waals surface area (Å²) < 4.78 is 0. The van der Waals surface area contributed by atoms with Crippen molar-refractivity contribution in [3.8, 4) is 0 Å². The highest BCUT2D eigenvalue weighted by atomic mass is 32.2. The third kappa shape index (κ3) is 2.64. The summed E-state index contributed by atoms with van der Waals surface area (Å²) in [5.41, 5.74) is 4.50. The lowest BCUT2D eigenvalue weighted by molar-refractivity contribution is -0.116. The molecular formula is C11H11N3OS. The number of nitrogens with one attached hydrogen (secondary N) is 2. The summed E-state index contributed by atoms with van der Waals surface area (Å²) in [6.07, 6.45) is 0. The second-order valence-electron chi connectivity index (χ2n) is 3.21. The van der Waals surface area contributed by atoms with Gasteiger partial charge in [0.15, 0.2) is 5.17 Å². The maximum Gasteiger partial charge on any atom is 0.236 e. The lowest BCUT2D eigenvalue weighted by Gasteiger charge is -2.04. The van der Waals surface area contributed by atoms with Crippen LogP contribution in [0, 0.1) is 0 Å². The van der Waals surface area contributed by atoms with Gasteiger partial charge in [0.1, 0.15) is 0 Å². The first-order valence-corrected chi connectivity index (χ1v) is 5.75. The number of hydrazone groups is 1. The van der Waals surface area contributed by atoms with E-state index >= 15 is 0 Å². The highest BCUT2D eigenvalue weighted by Gasteiger charge is 2.16. The highest BCUT2D eigenvalue weighted by molar-refractivity contribution is 8.15. The minimum Gasteiger partial charge on any atom is -0.303 e. The molecule has 1 aromatic carbocycles. The summed E-state index contributed by atoms with van der Waals surface area (Å²) in [7, 11) is 0. The Bertz CT molecular complexity index is 442. The zero-order valence-corrected chi connectivity index (χ0v) is 9.38. The van der Waals surface area contributed by atoms with Gasteiger partial charge in [-0.1, -0.05) is 48.7 Å². The molecule has 1 amide bonds. The maximum absolute atomic E-state index is 10.9. The molecule has 0 aromatic heterocycles. The molecule has 1 aromatic rings. The van der Waals surface area contributed by atoms with Gasteiger partial charge >= 0.3 is 0 Å². The Morgan fingerprint density at radius 3 is 2.81 bits per heavy atom. The van der Waals surface area contributed by atoms with Crippen molar-refractivity contribution in [2.24, 2.45) is 5.10 Å². The SMILES string of the molecule is C=C(N/N=C1/NC(=O)CS1)c1ccccc1. The number of benzene rings is 1. The van der Waals surface area contributed by atoms with Crippen molar-refractivity contribution >= 4 is 28.5 Å². The third-order valence-electron chi connectivity index (χ3n) is 2.00. The second-order valence-corrected chi connectivity index (χ2v) is 4.17. The largest absolute Gasteiger partial charge is 0.303 e. The Morgan fingerprint density at radius 1 is 1.44 bits per heavy atom. The average molecular weight is 233 g/mol. The number of amides is 1. The van der Waals surface area contributed by atoms with E-state index in [9.17, 15) is 4.79 Å². The van der Waals surface area contributed by atoms with Gasteiger partial charge in [0, 0.05) is 0 Å². The Balaban J connectivity index is 1.96. The average Bonchev–Trinajstić information content (AvgIpc) is 2.73. The topological polar surface area (TPSA) is 53.5 Å². The normalized spacial score (nSPS) is 17.2. The number of nitrogens with zero attached hydrogens (tertiary/aromatic N) is 1. The van der Waals surface area contributed by atoms with Crippen LogP contribution in [-0.2, 0) is 4.79 Å². The molecule has 0 radical (unpaired) electrons. The molecule has 4 nitrogen and oxygen atoms in total. The standard InChI is InChI=1S/C11H11N3OS/c1-8(9-5-3-2-4-6-9)13-14-11-12-10(15)7-16-11/h2-6,13H,1,7H2,(H,12,14,15). The van der Waals surface area contributed by atoms with E-state index in [1.807, 2.05) is 30.3 Å². The molecule has 1 aliphatic heterocycles. The number of hydrogen-bond donors (Lipinski definition) is 2. The van der Waals surface area contributed by atoms with Crippen LogP contribution in [0.5, 0.6) is 0 Å². The van der Waals surface area contributed by atoms with E-state index in [0.29, 0.717) is 16.6 Å². The molecule has 0 saturated carbocycles. The molecule has 2 rings (SSSR count). The van der Waals surface area contributed by atoms with Crippen molar-refractivity contribution < 1.29 is 4.79 Å². The fourth-order valence-corrected chi connectivity index (χ4v) is 1.84. The second kappa shape index (κ2) is 4.85. The number of rotatable bonds is 3. The first-order chi connectivity index (χ1) is 7.75. The Labute approximate surface area is 97.8 Å². The minimum absolute atomic E-state index is 0.0177. The van der Waals surface area contributed by atoms with Crippen LogP contribution < -0.4 is 10.7 Å². The van der Waals surface area contributed by atoms with Gasteiger partial charge in [-0.25, -0.2) is 0 Å². The molecule has 16 heavy (non-hydrogen) atoms. The van der Waals surface area contributed by atoms with Crippen LogP contribution in [0.3, 0.4) is 0 Å². The fraction of sp³-hybridized carbons (Fsp3) is 0.0909. The van der Waals surface area contributed by atoms with Gasteiger partial charge in [-0.15, -0.1) is 5.10 Å². The lowest BCUT2D eigenvalue weighted by Crippen LogP contribution is -2.22.